The number of ether oxygens (including phenoxy) is 1. The van der Waals surface area contributed by atoms with Crippen LogP contribution in [0.1, 0.15) is 26.2 Å². The summed E-state index contributed by atoms with van der Waals surface area (Å²) in [6.45, 7) is 4.51. The summed E-state index contributed by atoms with van der Waals surface area (Å²) < 4.78 is 5.83. The quantitative estimate of drug-likeness (QED) is 0.931. The third kappa shape index (κ3) is 2.37. The monoisotopic (exact) mass is 314 g/mol. The van der Waals surface area contributed by atoms with Crippen LogP contribution in [0.25, 0.3) is 11.2 Å². The van der Waals surface area contributed by atoms with E-state index in [4.69, 9.17) is 4.74 Å². The number of aliphatic hydroxyl groups is 1. The molecule has 0 bridgehead atoms. The molecular formula is C17H22N4O2. The predicted octanol–water partition coefficient (Wildman–Crippen LogP) is 1.78. The Morgan fingerprint density at radius 3 is 2.78 bits per heavy atom. The molecule has 4 rings (SSSR count). The second-order valence-corrected chi connectivity index (χ2v) is 6.48. The molecule has 2 aromatic rings. The van der Waals surface area contributed by atoms with Gasteiger partial charge in [-0.1, -0.05) is 0 Å². The highest BCUT2D eigenvalue weighted by atomic mass is 16.5. The fraction of sp³-hybridized carbons (Fsp3) is 0.588. The lowest BCUT2D eigenvalue weighted by Crippen LogP contribution is -2.62. The van der Waals surface area contributed by atoms with Crippen LogP contribution in [0.5, 0.6) is 0 Å². The van der Waals surface area contributed by atoms with Gasteiger partial charge in [0.25, 0.3) is 0 Å². The molecule has 2 aromatic heterocycles. The highest BCUT2D eigenvalue weighted by molar-refractivity contribution is 5.71. The van der Waals surface area contributed by atoms with Gasteiger partial charge in [-0.3, -0.25) is 4.98 Å². The summed E-state index contributed by atoms with van der Waals surface area (Å²) in [7, 11) is 0. The van der Waals surface area contributed by atoms with E-state index in [0.29, 0.717) is 12.3 Å². The first-order chi connectivity index (χ1) is 11.2. The molecule has 6 nitrogen and oxygen atoms in total. The zero-order valence-corrected chi connectivity index (χ0v) is 13.4. The molecule has 2 atom stereocenters. The Labute approximate surface area is 135 Å². The highest BCUT2D eigenvalue weighted by Gasteiger charge is 2.56. The van der Waals surface area contributed by atoms with Gasteiger partial charge in [-0.25, -0.2) is 9.97 Å². The standard InChI is InChI=1S/C17H22N4O2/c1-2-23-14-11-13(22)17(14)5-9-21(10-6-17)15-4-3-12-16(20-15)19-8-7-18-12/h3-4,7-8,13-14,22H,2,5-6,9-11H2,1H3/t13-,14-/m0/s1. The SMILES string of the molecule is CCO[C@H]1C[C@H](O)C12CCN(c1ccc3nccnc3n1)CC2. The van der Waals surface area contributed by atoms with Crippen LogP contribution in [0.2, 0.25) is 0 Å². The van der Waals surface area contributed by atoms with Crippen molar-refractivity contribution in [2.75, 3.05) is 24.6 Å². The van der Waals surface area contributed by atoms with Crippen LogP contribution in [0.4, 0.5) is 5.82 Å². The van der Waals surface area contributed by atoms with E-state index < -0.39 is 0 Å². The van der Waals surface area contributed by atoms with E-state index in [1.54, 1.807) is 12.4 Å². The average molecular weight is 314 g/mol. The highest BCUT2D eigenvalue weighted by Crippen LogP contribution is 2.51. The molecule has 1 aliphatic carbocycles. The maximum absolute atomic E-state index is 10.3. The molecule has 6 heteroatoms. The van der Waals surface area contributed by atoms with Gasteiger partial charge in [-0.05, 0) is 31.9 Å². The van der Waals surface area contributed by atoms with Crippen molar-refractivity contribution >= 4 is 17.0 Å². The Morgan fingerprint density at radius 2 is 2.04 bits per heavy atom. The minimum absolute atomic E-state index is 0.0524. The number of nitrogens with zero attached hydrogens (tertiary/aromatic N) is 4. The molecule has 1 N–H and O–H groups in total. The first-order valence-corrected chi connectivity index (χ1v) is 8.35. The van der Waals surface area contributed by atoms with Gasteiger partial charge in [0.2, 0.25) is 0 Å². The van der Waals surface area contributed by atoms with Crippen molar-refractivity contribution < 1.29 is 9.84 Å². The second kappa shape index (κ2) is 5.69. The van der Waals surface area contributed by atoms with Crippen molar-refractivity contribution in [2.45, 2.75) is 38.4 Å². The number of fused-ring (bicyclic) bond motifs is 1. The molecule has 0 radical (unpaired) electrons. The summed E-state index contributed by atoms with van der Waals surface area (Å²) in [5, 5.41) is 10.3. The summed E-state index contributed by atoms with van der Waals surface area (Å²) in [5.74, 6) is 0.939. The first kappa shape index (κ1) is 14.8. The minimum atomic E-state index is -0.225. The van der Waals surface area contributed by atoms with Crippen molar-refractivity contribution in [3.63, 3.8) is 0 Å². The Bertz CT molecular complexity index is 698. The van der Waals surface area contributed by atoms with Crippen LogP contribution >= 0.6 is 0 Å². The second-order valence-electron chi connectivity index (χ2n) is 6.48. The number of aliphatic hydroxyl groups excluding tert-OH is 1. The fourth-order valence-electron chi connectivity index (χ4n) is 3.99. The van der Waals surface area contributed by atoms with E-state index in [-0.39, 0.29) is 17.6 Å². The number of hydrogen-bond acceptors (Lipinski definition) is 6. The van der Waals surface area contributed by atoms with Gasteiger partial charge in [0, 0.05) is 43.9 Å². The number of pyridine rings is 1. The topological polar surface area (TPSA) is 71.4 Å². The van der Waals surface area contributed by atoms with Gasteiger partial charge >= 0.3 is 0 Å². The summed E-state index contributed by atoms with van der Waals surface area (Å²) in [6.07, 6.45) is 5.99. The number of rotatable bonds is 3. The van der Waals surface area contributed by atoms with Crippen molar-refractivity contribution in [3.8, 4) is 0 Å². The third-order valence-electron chi connectivity index (χ3n) is 5.45. The van der Waals surface area contributed by atoms with Crippen LogP contribution in [-0.4, -0.2) is 52.0 Å². The summed E-state index contributed by atoms with van der Waals surface area (Å²) in [5.41, 5.74) is 1.44. The van der Waals surface area contributed by atoms with E-state index in [0.717, 1.165) is 43.7 Å². The van der Waals surface area contributed by atoms with Crippen LogP contribution in [0.3, 0.4) is 0 Å². The molecule has 1 spiro atoms. The predicted molar refractivity (Wildman–Crippen MR) is 87.3 cm³/mol. The number of anilines is 1. The van der Waals surface area contributed by atoms with E-state index in [1.807, 2.05) is 19.1 Å². The lowest BCUT2D eigenvalue weighted by atomic mass is 9.58. The van der Waals surface area contributed by atoms with Gasteiger partial charge in [-0.2, -0.15) is 0 Å². The Morgan fingerprint density at radius 1 is 1.26 bits per heavy atom. The molecule has 3 heterocycles. The van der Waals surface area contributed by atoms with Gasteiger partial charge in [-0.15, -0.1) is 0 Å². The largest absolute Gasteiger partial charge is 0.392 e. The van der Waals surface area contributed by atoms with Gasteiger partial charge < -0.3 is 14.7 Å². The van der Waals surface area contributed by atoms with Crippen molar-refractivity contribution in [3.05, 3.63) is 24.5 Å². The molecule has 0 amide bonds. The van der Waals surface area contributed by atoms with Crippen LogP contribution in [-0.2, 0) is 4.74 Å². The zero-order valence-electron chi connectivity index (χ0n) is 13.4. The van der Waals surface area contributed by atoms with Crippen LogP contribution < -0.4 is 4.90 Å². The average Bonchev–Trinajstić information content (AvgIpc) is 2.61. The van der Waals surface area contributed by atoms with E-state index >= 15 is 0 Å². The molecule has 0 aromatic carbocycles. The van der Waals surface area contributed by atoms with Crippen LogP contribution in [0.15, 0.2) is 24.5 Å². The molecule has 23 heavy (non-hydrogen) atoms. The summed E-state index contributed by atoms with van der Waals surface area (Å²) in [6, 6.07) is 3.97. The van der Waals surface area contributed by atoms with Crippen molar-refractivity contribution in [1.82, 2.24) is 15.0 Å². The van der Waals surface area contributed by atoms with Crippen molar-refractivity contribution in [2.24, 2.45) is 5.41 Å². The first-order valence-electron chi connectivity index (χ1n) is 8.35. The lowest BCUT2D eigenvalue weighted by Gasteiger charge is -2.56. The molecule has 122 valence electrons. The molecular weight excluding hydrogens is 292 g/mol. The third-order valence-corrected chi connectivity index (χ3v) is 5.45. The number of aromatic nitrogens is 3. The van der Waals surface area contributed by atoms with E-state index in [9.17, 15) is 5.11 Å². The van der Waals surface area contributed by atoms with E-state index in [2.05, 4.69) is 19.9 Å². The Hall–Kier alpha value is -1.79. The van der Waals surface area contributed by atoms with E-state index in [1.165, 1.54) is 0 Å². The smallest absolute Gasteiger partial charge is 0.180 e. The fourth-order valence-corrected chi connectivity index (χ4v) is 3.99. The van der Waals surface area contributed by atoms with Gasteiger partial charge in [0.15, 0.2) is 5.65 Å². The maximum Gasteiger partial charge on any atom is 0.180 e. The molecule has 2 fully saturated rings. The molecule has 1 aliphatic heterocycles. The molecule has 0 unspecified atom stereocenters. The van der Waals surface area contributed by atoms with Crippen LogP contribution in [0, 0.1) is 5.41 Å². The molecule has 1 saturated heterocycles. The number of piperidine rings is 1. The van der Waals surface area contributed by atoms with Gasteiger partial charge in [0.1, 0.15) is 11.3 Å². The van der Waals surface area contributed by atoms with Gasteiger partial charge in [0.05, 0.1) is 12.2 Å². The summed E-state index contributed by atoms with van der Waals surface area (Å²) in [4.78, 5) is 15.4. The molecule has 1 saturated carbocycles. The Balaban J connectivity index is 1.50. The Kier molecular flexibility index (Phi) is 3.66. The lowest BCUT2D eigenvalue weighted by molar-refractivity contribution is -0.199. The molecule has 2 aliphatic rings. The zero-order chi connectivity index (χ0) is 15.9. The number of hydrogen-bond donors (Lipinski definition) is 1. The minimum Gasteiger partial charge on any atom is -0.392 e. The summed E-state index contributed by atoms with van der Waals surface area (Å²) >= 11 is 0. The maximum atomic E-state index is 10.3. The van der Waals surface area contributed by atoms with Crippen molar-refractivity contribution in [1.29, 1.82) is 0 Å². The normalized spacial score (nSPS) is 26.4.